The van der Waals surface area contributed by atoms with Crippen molar-refractivity contribution in [3.63, 3.8) is 0 Å². The van der Waals surface area contributed by atoms with Gasteiger partial charge in [0.15, 0.2) is 0 Å². The van der Waals surface area contributed by atoms with Gasteiger partial charge in [0.25, 0.3) is 0 Å². The molecule has 0 aliphatic carbocycles. The van der Waals surface area contributed by atoms with Gasteiger partial charge in [-0.3, -0.25) is 0 Å². The molecular weight excluding hydrogens is 156 g/mol. The molecule has 0 spiro atoms. The van der Waals surface area contributed by atoms with E-state index in [1.807, 2.05) is 0 Å². The minimum atomic E-state index is 0.969. The second-order valence-corrected chi connectivity index (χ2v) is 3.72. The van der Waals surface area contributed by atoms with Crippen molar-refractivity contribution in [3.8, 4) is 5.40 Å². The Labute approximate surface area is 72.6 Å². The second-order valence-electron chi connectivity index (χ2n) is 2.84. The highest BCUT2D eigenvalue weighted by Gasteiger charge is 2.08. The summed E-state index contributed by atoms with van der Waals surface area (Å²) < 4.78 is 0. The van der Waals surface area contributed by atoms with Crippen LogP contribution in [0, 0.1) is 10.7 Å². The normalized spacial score (nSPS) is 19.5. The molecule has 0 saturated carbocycles. The summed E-state index contributed by atoms with van der Waals surface area (Å²) in [5, 5.41) is 10.4. The number of thioether (sulfide) groups is 1. The van der Waals surface area contributed by atoms with Crippen molar-refractivity contribution in [2.45, 2.75) is 19.3 Å². The van der Waals surface area contributed by atoms with Crippen LogP contribution in [0.25, 0.3) is 0 Å². The number of nitrogens with zero attached hydrogens (tertiary/aromatic N) is 2. The average molecular weight is 170 g/mol. The van der Waals surface area contributed by atoms with Crippen LogP contribution in [-0.2, 0) is 0 Å². The van der Waals surface area contributed by atoms with Crippen molar-refractivity contribution < 1.29 is 0 Å². The van der Waals surface area contributed by atoms with E-state index in [1.54, 1.807) is 0 Å². The zero-order valence-corrected chi connectivity index (χ0v) is 7.57. The lowest BCUT2D eigenvalue weighted by Gasteiger charge is -2.25. The Morgan fingerprint density at radius 2 is 2.00 bits per heavy atom. The summed E-state index contributed by atoms with van der Waals surface area (Å²) in [6, 6.07) is 0. The summed E-state index contributed by atoms with van der Waals surface area (Å²) in [7, 11) is 0. The first kappa shape index (κ1) is 8.89. The van der Waals surface area contributed by atoms with Gasteiger partial charge in [-0.15, -0.1) is 0 Å². The molecule has 0 bridgehead atoms. The molecule has 0 amide bonds. The Balaban J connectivity index is 2.01. The Morgan fingerprint density at radius 3 is 2.64 bits per heavy atom. The van der Waals surface area contributed by atoms with Crippen molar-refractivity contribution in [3.05, 3.63) is 0 Å². The van der Waals surface area contributed by atoms with Crippen LogP contribution in [0.2, 0.25) is 0 Å². The van der Waals surface area contributed by atoms with Gasteiger partial charge in [0.1, 0.15) is 5.40 Å². The van der Waals surface area contributed by atoms with Crippen molar-refractivity contribution in [1.29, 1.82) is 5.26 Å². The molecular formula is C8H14N2S. The smallest absolute Gasteiger partial charge is 0.133 e. The lowest BCUT2D eigenvalue weighted by atomic mass is 10.1. The van der Waals surface area contributed by atoms with E-state index in [0.717, 1.165) is 12.3 Å². The Kier molecular flexibility index (Phi) is 4.41. The Morgan fingerprint density at radius 1 is 1.27 bits per heavy atom. The summed E-state index contributed by atoms with van der Waals surface area (Å²) in [6.07, 6.45) is 4.08. The van der Waals surface area contributed by atoms with Gasteiger partial charge in [-0.1, -0.05) is 6.42 Å². The minimum absolute atomic E-state index is 0.969. The van der Waals surface area contributed by atoms with E-state index in [9.17, 15) is 0 Å². The highest BCUT2D eigenvalue weighted by molar-refractivity contribution is 8.03. The fraction of sp³-hybridized carbons (Fsp3) is 0.875. The van der Waals surface area contributed by atoms with Crippen molar-refractivity contribution >= 4 is 11.8 Å². The van der Waals surface area contributed by atoms with Gasteiger partial charge >= 0.3 is 0 Å². The molecule has 62 valence electrons. The van der Waals surface area contributed by atoms with Gasteiger partial charge in [0.05, 0.1) is 0 Å². The van der Waals surface area contributed by atoms with E-state index in [0.29, 0.717) is 0 Å². The van der Waals surface area contributed by atoms with Crippen molar-refractivity contribution in [1.82, 2.24) is 4.90 Å². The average Bonchev–Trinajstić information content (AvgIpc) is 2.07. The number of likely N-dealkylation sites (tertiary alicyclic amines) is 1. The molecule has 1 aliphatic heterocycles. The Hall–Kier alpha value is -0.200. The van der Waals surface area contributed by atoms with Gasteiger partial charge in [-0.05, 0) is 37.7 Å². The van der Waals surface area contributed by atoms with Crippen LogP contribution in [-0.4, -0.2) is 30.3 Å². The standard InChI is InChI=1S/C8H14N2S/c9-8-11-7-6-10-4-2-1-3-5-10/h1-7H2. The van der Waals surface area contributed by atoms with E-state index in [4.69, 9.17) is 5.26 Å². The predicted molar refractivity (Wildman–Crippen MR) is 48.4 cm³/mol. The first-order valence-corrected chi connectivity index (χ1v) is 5.15. The van der Waals surface area contributed by atoms with Crippen LogP contribution in [0.15, 0.2) is 0 Å². The number of thiocyanates is 1. The first-order valence-electron chi connectivity index (χ1n) is 4.17. The van der Waals surface area contributed by atoms with Gasteiger partial charge < -0.3 is 4.90 Å². The van der Waals surface area contributed by atoms with Gasteiger partial charge in [0.2, 0.25) is 0 Å². The molecule has 0 aromatic heterocycles. The van der Waals surface area contributed by atoms with Crippen molar-refractivity contribution in [2.75, 3.05) is 25.4 Å². The third kappa shape index (κ3) is 3.64. The highest BCUT2D eigenvalue weighted by atomic mass is 32.2. The SMILES string of the molecule is N#CSCCN1CCCCC1. The molecule has 1 rings (SSSR count). The predicted octanol–water partition coefficient (Wildman–Crippen LogP) is 1.69. The molecule has 1 heterocycles. The van der Waals surface area contributed by atoms with Gasteiger partial charge in [-0.25, -0.2) is 0 Å². The van der Waals surface area contributed by atoms with Gasteiger partial charge in [-0.2, -0.15) is 5.26 Å². The molecule has 3 heteroatoms. The first-order chi connectivity index (χ1) is 5.43. The molecule has 2 nitrogen and oxygen atoms in total. The molecule has 1 aliphatic rings. The quantitative estimate of drug-likeness (QED) is 0.476. The van der Waals surface area contributed by atoms with E-state index in [-0.39, 0.29) is 0 Å². The van der Waals surface area contributed by atoms with Crippen LogP contribution in [0.3, 0.4) is 0 Å². The van der Waals surface area contributed by atoms with Crippen molar-refractivity contribution in [2.24, 2.45) is 0 Å². The van der Waals surface area contributed by atoms with Crippen LogP contribution in [0.5, 0.6) is 0 Å². The molecule has 0 unspecified atom stereocenters. The lowest BCUT2D eigenvalue weighted by molar-refractivity contribution is 0.242. The fourth-order valence-corrected chi connectivity index (χ4v) is 1.84. The molecule has 0 aromatic rings. The zero-order chi connectivity index (χ0) is 7.94. The summed E-state index contributed by atoms with van der Waals surface area (Å²) in [6.45, 7) is 3.58. The van der Waals surface area contributed by atoms with E-state index >= 15 is 0 Å². The number of hydrogen-bond acceptors (Lipinski definition) is 3. The van der Waals surface area contributed by atoms with E-state index in [2.05, 4.69) is 10.3 Å². The third-order valence-electron chi connectivity index (χ3n) is 2.02. The topological polar surface area (TPSA) is 27.0 Å². The summed E-state index contributed by atoms with van der Waals surface area (Å²) in [4.78, 5) is 2.45. The monoisotopic (exact) mass is 170 g/mol. The number of hydrogen-bond donors (Lipinski definition) is 0. The summed E-state index contributed by atoms with van der Waals surface area (Å²) >= 11 is 1.37. The number of nitriles is 1. The molecule has 0 radical (unpaired) electrons. The Bertz CT molecular complexity index is 136. The maximum absolute atomic E-state index is 8.29. The lowest BCUT2D eigenvalue weighted by Crippen LogP contribution is -2.31. The van der Waals surface area contributed by atoms with Gasteiger partial charge in [0, 0.05) is 12.3 Å². The van der Waals surface area contributed by atoms with Crippen LogP contribution in [0.4, 0.5) is 0 Å². The van der Waals surface area contributed by atoms with E-state index < -0.39 is 0 Å². The molecule has 0 atom stereocenters. The zero-order valence-electron chi connectivity index (χ0n) is 6.75. The molecule has 0 N–H and O–H groups in total. The molecule has 1 saturated heterocycles. The highest BCUT2D eigenvalue weighted by Crippen LogP contribution is 2.09. The van der Waals surface area contributed by atoms with Crippen LogP contribution in [0.1, 0.15) is 19.3 Å². The number of piperidine rings is 1. The second kappa shape index (κ2) is 5.45. The fourth-order valence-electron chi connectivity index (χ4n) is 1.40. The maximum atomic E-state index is 8.29. The molecule has 11 heavy (non-hydrogen) atoms. The van der Waals surface area contributed by atoms with E-state index in [1.165, 1.54) is 44.1 Å². The molecule has 1 fully saturated rings. The third-order valence-corrected chi connectivity index (χ3v) is 2.54. The molecule has 0 aromatic carbocycles. The summed E-state index contributed by atoms with van der Waals surface area (Å²) in [5.41, 5.74) is 0. The minimum Gasteiger partial charge on any atom is -0.302 e. The maximum Gasteiger partial charge on any atom is 0.133 e. The van der Waals surface area contributed by atoms with Crippen LogP contribution < -0.4 is 0 Å². The summed E-state index contributed by atoms with van der Waals surface area (Å²) in [5.74, 6) is 0.969. The van der Waals surface area contributed by atoms with Crippen LogP contribution >= 0.6 is 11.8 Å². The largest absolute Gasteiger partial charge is 0.302 e. The number of rotatable bonds is 3.